The summed E-state index contributed by atoms with van der Waals surface area (Å²) in [5.74, 6) is 0.612. The first-order valence-electron chi connectivity index (χ1n) is 10.1. The van der Waals surface area contributed by atoms with E-state index in [0.717, 1.165) is 31.2 Å². The molecule has 3 fully saturated rings. The van der Waals surface area contributed by atoms with Crippen LogP contribution in [0.25, 0.3) is 0 Å². The number of carbonyl (C=O) groups excluding carboxylic acids is 1. The Hall–Kier alpha value is -1.37. The van der Waals surface area contributed by atoms with Gasteiger partial charge < -0.3 is 24.1 Å². The molecule has 1 aromatic rings. The zero-order valence-corrected chi connectivity index (χ0v) is 15.9. The van der Waals surface area contributed by atoms with E-state index in [0.29, 0.717) is 12.2 Å². The van der Waals surface area contributed by atoms with Crippen LogP contribution in [0.5, 0.6) is 0 Å². The molecule has 0 radical (unpaired) electrons. The molecule has 148 valence electrons. The summed E-state index contributed by atoms with van der Waals surface area (Å²) in [6.07, 6.45) is 3.93. The van der Waals surface area contributed by atoms with Crippen LogP contribution in [-0.2, 0) is 14.3 Å². The molecule has 0 spiro atoms. The maximum atomic E-state index is 12.9. The summed E-state index contributed by atoms with van der Waals surface area (Å²) in [4.78, 5) is 12.9. The number of furan rings is 1. The fraction of sp³-hybridized carbons (Fsp3) is 0.762. The van der Waals surface area contributed by atoms with Crippen molar-refractivity contribution in [2.24, 2.45) is 28.6 Å². The summed E-state index contributed by atoms with van der Waals surface area (Å²) in [7, 11) is 1.43. The second-order valence-electron chi connectivity index (χ2n) is 9.07. The zero-order valence-electron chi connectivity index (χ0n) is 15.9. The van der Waals surface area contributed by atoms with E-state index in [-0.39, 0.29) is 36.2 Å². The molecule has 8 atom stereocenters. The van der Waals surface area contributed by atoms with E-state index in [2.05, 4.69) is 6.92 Å². The van der Waals surface area contributed by atoms with Gasteiger partial charge in [0.25, 0.3) is 0 Å². The summed E-state index contributed by atoms with van der Waals surface area (Å²) in [5, 5.41) is 22.4. The predicted octanol–water partition coefficient (Wildman–Crippen LogP) is 2.75. The molecule has 1 aromatic heterocycles. The minimum Gasteiger partial charge on any atom is -0.469 e. The number of carbonyl (C=O) groups is 1. The average Bonchev–Trinajstić information content (AvgIpc) is 3.18. The largest absolute Gasteiger partial charge is 0.469 e. The number of hydrogen-bond donors (Lipinski definition) is 2. The third kappa shape index (κ3) is 1.99. The molecule has 1 aliphatic heterocycles. The van der Waals surface area contributed by atoms with Gasteiger partial charge in [-0.1, -0.05) is 13.3 Å². The minimum atomic E-state index is -0.980. The van der Waals surface area contributed by atoms with Gasteiger partial charge in [0.2, 0.25) is 0 Å². The number of methoxy groups -OCH3 is 1. The third-order valence-electron chi connectivity index (χ3n) is 8.44. The zero-order chi connectivity index (χ0) is 19.0. The normalized spacial score (nSPS) is 48.1. The van der Waals surface area contributed by atoms with Crippen LogP contribution < -0.4 is 0 Å². The molecule has 4 aliphatic rings. The number of aliphatic hydroxyl groups excluding tert-OH is 2. The van der Waals surface area contributed by atoms with E-state index < -0.39 is 23.2 Å². The second-order valence-corrected chi connectivity index (χ2v) is 9.07. The molecule has 2 saturated carbocycles. The Bertz CT molecular complexity index is 758. The molecular formula is C21H28O6. The summed E-state index contributed by atoms with van der Waals surface area (Å²) in [6, 6.07) is 1.95. The molecule has 3 aliphatic carbocycles. The van der Waals surface area contributed by atoms with Crippen molar-refractivity contribution >= 4 is 5.97 Å². The van der Waals surface area contributed by atoms with E-state index in [1.54, 1.807) is 6.26 Å². The van der Waals surface area contributed by atoms with E-state index in [1.807, 2.05) is 6.07 Å². The first-order valence-corrected chi connectivity index (χ1v) is 10.1. The monoisotopic (exact) mass is 376 g/mol. The Morgan fingerprint density at radius 3 is 2.89 bits per heavy atom. The Kier molecular flexibility index (Phi) is 3.81. The van der Waals surface area contributed by atoms with Crippen molar-refractivity contribution < 1.29 is 28.9 Å². The van der Waals surface area contributed by atoms with Crippen molar-refractivity contribution in [3.05, 3.63) is 23.7 Å². The van der Waals surface area contributed by atoms with Gasteiger partial charge in [-0.15, -0.1) is 0 Å². The van der Waals surface area contributed by atoms with Gasteiger partial charge >= 0.3 is 5.97 Å². The van der Waals surface area contributed by atoms with E-state index in [4.69, 9.17) is 13.9 Å². The van der Waals surface area contributed by atoms with Gasteiger partial charge in [-0.05, 0) is 55.1 Å². The molecule has 0 amide bonds. The lowest BCUT2D eigenvalue weighted by Crippen LogP contribution is -2.68. The summed E-state index contributed by atoms with van der Waals surface area (Å²) in [5.41, 5.74) is -0.296. The molecule has 5 rings (SSSR count). The van der Waals surface area contributed by atoms with Crippen LogP contribution >= 0.6 is 0 Å². The molecular weight excluding hydrogens is 348 g/mol. The van der Waals surface area contributed by atoms with Crippen molar-refractivity contribution in [3.8, 4) is 0 Å². The maximum Gasteiger partial charge on any atom is 0.314 e. The lowest BCUT2D eigenvalue weighted by Gasteiger charge is -2.66. The Labute approximate surface area is 158 Å². The molecule has 0 aromatic carbocycles. The molecule has 6 nitrogen and oxygen atoms in total. The molecule has 0 unspecified atom stereocenters. The molecule has 27 heavy (non-hydrogen) atoms. The Morgan fingerprint density at radius 2 is 2.11 bits per heavy atom. The van der Waals surface area contributed by atoms with E-state index >= 15 is 0 Å². The second kappa shape index (κ2) is 5.82. The van der Waals surface area contributed by atoms with Crippen molar-refractivity contribution in [3.63, 3.8) is 0 Å². The standard InChI is InChI=1S/C21H28O6/c1-11-12-4-5-14-20(18(23)25-2)7-3-8-21(14,19(24)27-10-20)15(12)16(22)17-13(11)6-9-26-17/h6,9,11-12,14-16,19,22,24H,3-5,7-8,10H2,1-2H3/t11-,12+,14+,15-,16-,19-,20+,21-/m1/s1. The first-order chi connectivity index (χ1) is 13.0. The number of hydrogen-bond acceptors (Lipinski definition) is 6. The van der Waals surface area contributed by atoms with Gasteiger partial charge in [0.05, 0.1) is 25.4 Å². The van der Waals surface area contributed by atoms with Crippen LogP contribution in [-0.4, -0.2) is 36.2 Å². The van der Waals surface area contributed by atoms with Crippen LogP contribution in [0.1, 0.15) is 62.4 Å². The van der Waals surface area contributed by atoms with E-state index in [1.165, 1.54) is 7.11 Å². The molecule has 6 heteroatoms. The number of fused-ring (bicyclic) bond motifs is 2. The van der Waals surface area contributed by atoms with Gasteiger partial charge in [0.1, 0.15) is 11.9 Å². The first kappa shape index (κ1) is 17.7. The van der Waals surface area contributed by atoms with Gasteiger partial charge in [-0.3, -0.25) is 4.79 Å². The molecule has 1 saturated heterocycles. The van der Waals surface area contributed by atoms with Crippen molar-refractivity contribution in [2.45, 2.75) is 57.3 Å². The minimum absolute atomic E-state index is 0.0467. The van der Waals surface area contributed by atoms with Crippen molar-refractivity contribution in [2.75, 3.05) is 13.7 Å². The van der Waals surface area contributed by atoms with Crippen LogP contribution in [0, 0.1) is 28.6 Å². The average molecular weight is 376 g/mol. The number of aliphatic hydroxyl groups is 2. The van der Waals surface area contributed by atoms with Crippen molar-refractivity contribution in [1.82, 2.24) is 0 Å². The topological polar surface area (TPSA) is 89.1 Å². The van der Waals surface area contributed by atoms with Crippen LogP contribution in [0.15, 0.2) is 16.7 Å². The van der Waals surface area contributed by atoms with Gasteiger partial charge in [-0.25, -0.2) is 0 Å². The quantitative estimate of drug-likeness (QED) is 0.733. The molecule has 2 N–H and O–H groups in total. The number of rotatable bonds is 1. The van der Waals surface area contributed by atoms with Crippen LogP contribution in [0.4, 0.5) is 0 Å². The molecule has 2 bridgehead atoms. The van der Waals surface area contributed by atoms with Gasteiger partial charge in [0, 0.05) is 11.3 Å². The highest BCUT2D eigenvalue weighted by Crippen LogP contribution is 2.70. The van der Waals surface area contributed by atoms with Crippen molar-refractivity contribution in [1.29, 1.82) is 0 Å². The van der Waals surface area contributed by atoms with Crippen LogP contribution in [0.2, 0.25) is 0 Å². The van der Waals surface area contributed by atoms with Gasteiger partial charge in [-0.2, -0.15) is 0 Å². The lowest BCUT2D eigenvalue weighted by molar-refractivity contribution is -0.329. The maximum absolute atomic E-state index is 12.9. The summed E-state index contributed by atoms with van der Waals surface area (Å²) in [6.45, 7) is 2.38. The highest BCUT2D eigenvalue weighted by molar-refractivity contribution is 5.78. The SMILES string of the molecule is COC(=O)[C@]12CCC[C@@]3([C@@H]4[C@@H](CC[C@@H]13)[C@@H](C)c1ccoc1[C@@H]4O)[C@H](O)OC2. The van der Waals surface area contributed by atoms with Gasteiger partial charge in [0.15, 0.2) is 6.29 Å². The van der Waals surface area contributed by atoms with Crippen LogP contribution in [0.3, 0.4) is 0 Å². The number of esters is 1. The number of ether oxygens (including phenoxy) is 2. The fourth-order valence-electron chi connectivity index (χ4n) is 7.41. The highest BCUT2D eigenvalue weighted by Gasteiger charge is 2.71. The fourth-order valence-corrected chi connectivity index (χ4v) is 7.41. The lowest BCUT2D eigenvalue weighted by atomic mass is 9.41. The smallest absolute Gasteiger partial charge is 0.314 e. The summed E-state index contributed by atoms with van der Waals surface area (Å²) >= 11 is 0. The highest BCUT2D eigenvalue weighted by atomic mass is 16.6. The Balaban J connectivity index is 1.67. The molecule has 2 heterocycles. The summed E-state index contributed by atoms with van der Waals surface area (Å²) < 4.78 is 16.7. The Morgan fingerprint density at radius 1 is 1.30 bits per heavy atom. The van der Waals surface area contributed by atoms with E-state index in [9.17, 15) is 15.0 Å². The predicted molar refractivity (Wildman–Crippen MR) is 94.5 cm³/mol. The third-order valence-corrected chi connectivity index (χ3v) is 8.44.